The first-order valence-corrected chi connectivity index (χ1v) is 10.7. The molecule has 3 rings (SSSR count). The molecule has 1 aliphatic heterocycles. The topological polar surface area (TPSA) is 78.5 Å². The summed E-state index contributed by atoms with van der Waals surface area (Å²) in [4.78, 5) is 39.1. The molecule has 164 valence electrons. The monoisotopic (exact) mass is 421 g/mol. The summed E-state index contributed by atoms with van der Waals surface area (Å²) in [6.07, 6.45) is 0.175. The van der Waals surface area contributed by atoms with E-state index in [1.165, 1.54) is 5.56 Å². The molecular formula is C25H31N3O3. The van der Waals surface area contributed by atoms with Crippen LogP contribution in [0.4, 0.5) is 11.4 Å². The van der Waals surface area contributed by atoms with Crippen molar-refractivity contribution in [3.63, 3.8) is 0 Å². The number of carbonyl (C=O) groups excluding carboxylic acids is 3. The van der Waals surface area contributed by atoms with Crippen LogP contribution in [0.1, 0.15) is 49.9 Å². The van der Waals surface area contributed by atoms with E-state index in [2.05, 4.69) is 16.7 Å². The molecular weight excluding hydrogens is 390 g/mol. The predicted molar refractivity (Wildman–Crippen MR) is 123 cm³/mol. The summed E-state index contributed by atoms with van der Waals surface area (Å²) in [5, 5.41) is 5.92. The summed E-state index contributed by atoms with van der Waals surface area (Å²) in [5.41, 5.74) is 4.72. The average molecular weight is 422 g/mol. The molecule has 6 nitrogen and oxygen atoms in total. The highest BCUT2D eigenvalue weighted by Crippen LogP contribution is 2.28. The molecule has 6 heteroatoms. The lowest BCUT2D eigenvalue weighted by Gasteiger charge is -2.20. The van der Waals surface area contributed by atoms with Crippen LogP contribution in [-0.4, -0.2) is 24.3 Å². The van der Waals surface area contributed by atoms with E-state index in [1.807, 2.05) is 52.8 Å². The van der Waals surface area contributed by atoms with Crippen molar-refractivity contribution in [3.05, 3.63) is 59.2 Å². The predicted octanol–water partition coefficient (Wildman–Crippen LogP) is 4.13. The fourth-order valence-corrected chi connectivity index (χ4v) is 3.89. The van der Waals surface area contributed by atoms with Gasteiger partial charge in [-0.3, -0.25) is 14.4 Å². The smallest absolute Gasteiger partial charge is 0.227 e. The van der Waals surface area contributed by atoms with Gasteiger partial charge in [-0.2, -0.15) is 0 Å². The second-order valence-corrected chi connectivity index (χ2v) is 8.69. The Morgan fingerprint density at radius 3 is 2.48 bits per heavy atom. The molecule has 0 aliphatic carbocycles. The first kappa shape index (κ1) is 22.5. The summed E-state index contributed by atoms with van der Waals surface area (Å²) >= 11 is 0. The number of nitrogens with one attached hydrogen (secondary N) is 2. The van der Waals surface area contributed by atoms with Gasteiger partial charge in [-0.1, -0.05) is 43.7 Å². The van der Waals surface area contributed by atoms with E-state index < -0.39 is 5.92 Å². The molecule has 1 saturated heterocycles. The Labute approximate surface area is 184 Å². The lowest BCUT2D eigenvalue weighted by atomic mass is 9.99. The first-order valence-electron chi connectivity index (χ1n) is 10.7. The van der Waals surface area contributed by atoms with Crippen molar-refractivity contribution >= 4 is 29.1 Å². The van der Waals surface area contributed by atoms with E-state index in [0.29, 0.717) is 17.9 Å². The van der Waals surface area contributed by atoms with Crippen LogP contribution in [0.3, 0.4) is 0 Å². The fourth-order valence-electron chi connectivity index (χ4n) is 3.89. The third-order valence-corrected chi connectivity index (χ3v) is 5.70. The van der Waals surface area contributed by atoms with Crippen LogP contribution in [0.5, 0.6) is 0 Å². The third-order valence-electron chi connectivity index (χ3n) is 5.70. The molecule has 1 fully saturated rings. The maximum absolute atomic E-state index is 12.9. The van der Waals surface area contributed by atoms with Gasteiger partial charge in [-0.05, 0) is 50.1 Å². The molecule has 0 radical (unpaired) electrons. The van der Waals surface area contributed by atoms with Crippen molar-refractivity contribution in [3.8, 4) is 0 Å². The first-order chi connectivity index (χ1) is 14.7. The van der Waals surface area contributed by atoms with Crippen LogP contribution in [-0.2, 0) is 14.4 Å². The Hall–Kier alpha value is -3.15. The maximum atomic E-state index is 12.9. The van der Waals surface area contributed by atoms with Gasteiger partial charge in [0, 0.05) is 30.3 Å². The molecule has 1 heterocycles. The van der Waals surface area contributed by atoms with E-state index in [9.17, 15) is 14.4 Å². The Bertz CT molecular complexity index is 999. The van der Waals surface area contributed by atoms with Crippen LogP contribution < -0.4 is 15.5 Å². The zero-order valence-corrected chi connectivity index (χ0v) is 18.9. The molecule has 31 heavy (non-hydrogen) atoms. The number of carbonyl (C=O) groups is 3. The van der Waals surface area contributed by atoms with Crippen molar-refractivity contribution in [2.45, 2.75) is 47.1 Å². The summed E-state index contributed by atoms with van der Waals surface area (Å²) in [6.45, 7) is 10.0. The summed E-state index contributed by atoms with van der Waals surface area (Å²) < 4.78 is 0. The SMILES string of the molecule is Cc1ccc([C@H](C)NC(=O)[C@@H]2CC(=O)N(c3cccc(NC(=O)C(C)C)c3)C2)c(C)c1. The van der Waals surface area contributed by atoms with Gasteiger partial charge in [0.25, 0.3) is 0 Å². The lowest BCUT2D eigenvalue weighted by Crippen LogP contribution is -2.34. The second kappa shape index (κ2) is 9.33. The zero-order chi connectivity index (χ0) is 22.7. The van der Waals surface area contributed by atoms with Crippen molar-refractivity contribution in [2.24, 2.45) is 11.8 Å². The van der Waals surface area contributed by atoms with E-state index >= 15 is 0 Å². The molecule has 0 unspecified atom stereocenters. The zero-order valence-electron chi connectivity index (χ0n) is 18.9. The highest BCUT2D eigenvalue weighted by atomic mass is 16.2. The minimum atomic E-state index is -0.408. The summed E-state index contributed by atoms with van der Waals surface area (Å²) in [7, 11) is 0. The molecule has 0 saturated carbocycles. The van der Waals surface area contributed by atoms with Crippen molar-refractivity contribution in [1.82, 2.24) is 5.32 Å². The molecule has 3 amide bonds. The Morgan fingerprint density at radius 1 is 1.06 bits per heavy atom. The van der Waals surface area contributed by atoms with Gasteiger partial charge in [0.2, 0.25) is 17.7 Å². The van der Waals surface area contributed by atoms with Crippen LogP contribution in [0.2, 0.25) is 0 Å². The number of anilines is 2. The average Bonchev–Trinajstić information content (AvgIpc) is 3.09. The molecule has 0 spiro atoms. The van der Waals surface area contributed by atoms with E-state index in [4.69, 9.17) is 0 Å². The van der Waals surface area contributed by atoms with Crippen LogP contribution in [0.15, 0.2) is 42.5 Å². The number of nitrogens with zero attached hydrogens (tertiary/aromatic N) is 1. The van der Waals surface area contributed by atoms with Gasteiger partial charge in [0.05, 0.1) is 12.0 Å². The van der Waals surface area contributed by atoms with Crippen LogP contribution in [0, 0.1) is 25.7 Å². The molecule has 2 atom stereocenters. The molecule has 2 N–H and O–H groups in total. The number of benzene rings is 2. The number of amides is 3. The van der Waals surface area contributed by atoms with E-state index in [-0.39, 0.29) is 36.1 Å². The molecule has 2 aromatic rings. The number of hydrogen-bond donors (Lipinski definition) is 2. The van der Waals surface area contributed by atoms with Gasteiger partial charge in [-0.25, -0.2) is 0 Å². The normalized spacial score (nSPS) is 17.0. The maximum Gasteiger partial charge on any atom is 0.227 e. The van der Waals surface area contributed by atoms with Gasteiger partial charge >= 0.3 is 0 Å². The molecule has 0 aromatic heterocycles. The lowest BCUT2D eigenvalue weighted by molar-refractivity contribution is -0.126. The van der Waals surface area contributed by atoms with E-state index in [1.54, 1.807) is 23.1 Å². The van der Waals surface area contributed by atoms with Gasteiger partial charge in [-0.15, -0.1) is 0 Å². The van der Waals surface area contributed by atoms with Gasteiger partial charge in [0.15, 0.2) is 0 Å². The highest BCUT2D eigenvalue weighted by Gasteiger charge is 2.35. The van der Waals surface area contributed by atoms with Gasteiger partial charge < -0.3 is 15.5 Å². The second-order valence-electron chi connectivity index (χ2n) is 8.69. The Morgan fingerprint density at radius 2 is 1.81 bits per heavy atom. The van der Waals surface area contributed by atoms with Gasteiger partial charge in [0.1, 0.15) is 0 Å². The molecule has 1 aliphatic rings. The third kappa shape index (κ3) is 5.32. The van der Waals surface area contributed by atoms with Crippen LogP contribution >= 0.6 is 0 Å². The molecule has 0 bridgehead atoms. The number of aryl methyl sites for hydroxylation is 2. The standard InChI is InChI=1S/C25H31N3O3/c1-15(2)24(30)27-20-7-6-8-21(13-20)28-14-19(12-23(28)29)25(31)26-18(5)22-10-9-16(3)11-17(22)4/h6-11,13,15,18-19H,12,14H2,1-5H3,(H,26,31)(H,27,30)/t18-,19+/m0/s1. The fraction of sp³-hybridized carbons (Fsp3) is 0.400. The largest absolute Gasteiger partial charge is 0.349 e. The highest BCUT2D eigenvalue weighted by molar-refractivity contribution is 6.01. The Kier molecular flexibility index (Phi) is 6.78. The van der Waals surface area contributed by atoms with Crippen LogP contribution in [0.25, 0.3) is 0 Å². The number of hydrogen-bond acceptors (Lipinski definition) is 3. The van der Waals surface area contributed by atoms with E-state index in [0.717, 1.165) is 11.1 Å². The van der Waals surface area contributed by atoms with Crippen molar-refractivity contribution in [2.75, 3.05) is 16.8 Å². The van der Waals surface area contributed by atoms with Crippen molar-refractivity contribution in [1.29, 1.82) is 0 Å². The van der Waals surface area contributed by atoms with Crippen molar-refractivity contribution < 1.29 is 14.4 Å². The summed E-state index contributed by atoms with van der Waals surface area (Å²) in [6, 6.07) is 13.2. The minimum Gasteiger partial charge on any atom is -0.349 e. The Balaban J connectivity index is 1.67. The quantitative estimate of drug-likeness (QED) is 0.736. The molecule has 2 aromatic carbocycles. The minimum absolute atomic E-state index is 0.0810. The summed E-state index contributed by atoms with van der Waals surface area (Å²) in [5.74, 6) is -0.833. The number of rotatable bonds is 6.